The Bertz CT molecular complexity index is 198. The van der Waals surface area contributed by atoms with Crippen molar-refractivity contribution in [2.75, 3.05) is 0 Å². The molecule has 7 heteroatoms. The molecule has 1 atom stereocenters. The lowest BCUT2D eigenvalue weighted by Gasteiger charge is -2.23. The standard InChI is InChI=1S/C6H5F5O2/c7-5(8,6(9,10)11)4(3-13)1-2-12/h2-4H,1H2. The predicted molar refractivity (Wildman–Crippen MR) is 31.2 cm³/mol. The minimum Gasteiger partial charge on any atom is -0.303 e. The van der Waals surface area contributed by atoms with Gasteiger partial charge in [-0.25, -0.2) is 0 Å². The fourth-order valence-electron chi connectivity index (χ4n) is 0.603. The van der Waals surface area contributed by atoms with Gasteiger partial charge in [0.05, 0.1) is 5.92 Å². The first-order valence-electron chi connectivity index (χ1n) is 3.10. The smallest absolute Gasteiger partial charge is 0.303 e. The molecule has 0 aromatic rings. The van der Waals surface area contributed by atoms with E-state index in [-0.39, 0.29) is 6.29 Å². The minimum atomic E-state index is -5.80. The molecule has 0 N–H and O–H groups in total. The van der Waals surface area contributed by atoms with Crippen LogP contribution in [0.2, 0.25) is 0 Å². The number of hydrogen-bond donors (Lipinski definition) is 0. The number of alkyl halides is 5. The van der Waals surface area contributed by atoms with Crippen LogP contribution in [0.25, 0.3) is 0 Å². The minimum absolute atomic E-state index is 0.154. The molecule has 13 heavy (non-hydrogen) atoms. The molecular formula is C6H5F5O2. The largest absolute Gasteiger partial charge is 0.454 e. The lowest BCUT2D eigenvalue weighted by molar-refractivity contribution is -0.296. The van der Waals surface area contributed by atoms with E-state index in [0.29, 0.717) is 0 Å². The summed E-state index contributed by atoms with van der Waals surface area (Å²) in [5, 5.41) is 0. The topological polar surface area (TPSA) is 34.1 Å². The Hall–Kier alpha value is -1.01. The fourth-order valence-corrected chi connectivity index (χ4v) is 0.603. The number of carbonyl (C=O) groups is 2. The molecule has 2 nitrogen and oxygen atoms in total. The Morgan fingerprint density at radius 1 is 1.08 bits per heavy atom. The van der Waals surface area contributed by atoms with E-state index in [2.05, 4.69) is 0 Å². The van der Waals surface area contributed by atoms with Gasteiger partial charge in [-0.2, -0.15) is 22.0 Å². The van der Waals surface area contributed by atoms with Crippen LogP contribution in [-0.2, 0) is 9.59 Å². The molecule has 1 unspecified atom stereocenters. The van der Waals surface area contributed by atoms with E-state index in [1.807, 2.05) is 0 Å². The fraction of sp³-hybridized carbons (Fsp3) is 0.667. The van der Waals surface area contributed by atoms with Gasteiger partial charge in [0, 0.05) is 6.42 Å². The molecule has 0 bridgehead atoms. The van der Waals surface area contributed by atoms with Crippen molar-refractivity contribution in [1.29, 1.82) is 0 Å². The van der Waals surface area contributed by atoms with Gasteiger partial charge in [0.15, 0.2) is 0 Å². The molecule has 0 aliphatic heterocycles. The van der Waals surface area contributed by atoms with Gasteiger partial charge in [0.2, 0.25) is 0 Å². The van der Waals surface area contributed by atoms with Crippen molar-refractivity contribution in [3.63, 3.8) is 0 Å². The van der Waals surface area contributed by atoms with Crippen LogP contribution in [0.5, 0.6) is 0 Å². The van der Waals surface area contributed by atoms with Gasteiger partial charge in [0.25, 0.3) is 0 Å². The number of aldehydes is 2. The Morgan fingerprint density at radius 3 is 1.77 bits per heavy atom. The molecule has 0 aliphatic carbocycles. The molecule has 0 spiro atoms. The zero-order valence-corrected chi connectivity index (χ0v) is 6.15. The normalized spacial score (nSPS) is 15.2. The summed E-state index contributed by atoms with van der Waals surface area (Å²) in [6.45, 7) is 0. The molecule has 0 amide bonds. The third-order valence-electron chi connectivity index (χ3n) is 1.36. The third-order valence-corrected chi connectivity index (χ3v) is 1.36. The monoisotopic (exact) mass is 204 g/mol. The summed E-state index contributed by atoms with van der Waals surface area (Å²) >= 11 is 0. The van der Waals surface area contributed by atoms with Crippen molar-refractivity contribution in [2.24, 2.45) is 5.92 Å². The van der Waals surface area contributed by atoms with Crippen LogP contribution in [0.3, 0.4) is 0 Å². The van der Waals surface area contributed by atoms with Crippen molar-refractivity contribution in [1.82, 2.24) is 0 Å². The molecule has 0 aromatic heterocycles. The van der Waals surface area contributed by atoms with Crippen molar-refractivity contribution in [3.05, 3.63) is 0 Å². The molecule has 76 valence electrons. The highest BCUT2D eigenvalue weighted by Gasteiger charge is 2.62. The van der Waals surface area contributed by atoms with E-state index in [1.54, 1.807) is 0 Å². The van der Waals surface area contributed by atoms with Gasteiger partial charge in [-0.15, -0.1) is 0 Å². The first kappa shape index (κ1) is 12.0. The maximum atomic E-state index is 12.3. The summed E-state index contributed by atoms with van der Waals surface area (Å²) in [4.78, 5) is 19.5. The average molecular weight is 204 g/mol. The van der Waals surface area contributed by atoms with Crippen LogP contribution >= 0.6 is 0 Å². The highest BCUT2D eigenvalue weighted by Crippen LogP contribution is 2.41. The molecular weight excluding hydrogens is 199 g/mol. The molecule has 0 saturated heterocycles. The number of rotatable bonds is 4. The maximum absolute atomic E-state index is 12.3. The van der Waals surface area contributed by atoms with Crippen LogP contribution < -0.4 is 0 Å². The molecule has 0 aromatic carbocycles. The number of halogens is 5. The van der Waals surface area contributed by atoms with Crippen molar-refractivity contribution >= 4 is 12.6 Å². The van der Waals surface area contributed by atoms with Gasteiger partial charge in [0.1, 0.15) is 12.6 Å². The van der Waals surface area contributed by atoms with Gasteiger partial charge in [-0.3, -0.25) is 0 Å². The lowest BCUT2D eigenvalue weighted by Crippen LogP contribution is -2.44. The van der Waals surface area contributed by atoms with Crippen molar-refractivity contribution in [3.8, 4) is 0 Å². The van der Waals surface area contributed by atoms with Crippen LogP contribution in [0.4, 0.5) is 22.0 Å². The van der Waals surface area contributed by atoms with E-state index < -0.39 is 30.7 Å². The SMILES string of the molecule is O=CCC(C=O)C(F)(F)C(F)(F)F. The Labute approximate surface area is 69.7 Å². The quantitative estimate of drug-likeness (QED) is 0.514. The Kier molecular flexibility index (Phi) is 3.50. The first-order valence-corrected chi connectivity index (χ1v) is 3.10. The molecule has 0 saturated carbocycles. The molecule has 0 radical (unpaired) electrons. The van der Waals surface area contributed by atoms with E-state index in [4.69, 9.17) is 0 Å². The van der Waals surface area contributed by atoms with E-state index in [1.165, 1.54) is 0 Å². The van der Waals surface area contributed by atoms with Crippen molar-refractivity contribution < 1.29 is 31.5 Å². The second-order valence-corrected chi connectivity index (χ2v) is 2.27. The van der Waals surface area contributed by atoms with Gasteiger partial charge in [-0.1, -0.05) is 0 Å². The van der Waals surface area contributed by atoms with Crippen LogP contribution in [-0.4, -0.2) is 24.7 Å². The molecule has 0 rings (SSSR count). The summed E-state index contributed by atoms with van der Waals surface area (Å²) in [6.07, 6.45) is -7.67. The zero-order chi connectivity index (χ0) is 10.7. The van der Waals surface area contributed by atoms with E-state index >= 15 is 0 Å². The highest BCUT2D eigenvalue weighted by atomic mass is 19.4. The molecule has 0 aliphatic rings. The van der Waals surface area contributed by atoms with E-state index in [9.17, 15) is 31.5 Å². The van der Waals surface area contributed by atoms with Crippen LogP contribution in [0, 0.1) is 5.92 Å². The van der Waals surface area contributed by atoms with Gasteiger partial charge < -0.3 is 9.59 Å². The summed E-state index contributed by atoms with van der Waals surface area (Å²) in [7, 11) is 0. The summed E-state index contributed by atoms with van der Waals surface area (Å²) in [6, 6.07) is 0. The first-order chi connectivity index (χ1) is 5.77. The highest BCUT2D eigenvalue weighted by molar-refractivity contribution is 5.63. The zero-order valence-electron chi connectivity index (χ0n) is 6.15. The predicted octanol–water partition coefficient (Wildman–Crippen LogP) is 1.59. The lowest BCUT2D eigenvalue weighted by atomic mass is 10.00. The van der Waals surface area contributed by atoms with E-state index in [0.717, 1.165) is 0 Å². The van der Waals surface area contributed by atoms with Crippen LogP contribution in [0.1, 0.15) is 6.42 Å². The second kappa shape index (κ2) is 3.80. The maximum Gasteiger partial charge on any atom is 0.454 e. The second-order valence-electron chi connectivity index (χ2n) is 2.27. The summed E-state index contributed by atoms with van der Waals surface area (Å²) < 4.78 is 59.2. The number of hydrogen-bond acceptors (Lipinski definition) is 2. The molecule has 0 heterocycles. The average Bonchev–Trinajstić information content (AvgIpc) is 1.97. The van der Waals surface area contributed by atoms with Crippen molar-refractivity contribution in [2.45, 2.75) is 18.5 Å². The summed E-state index contributed by atoms with van der Waals surface area (Å²) in [5.41, 5.74) is 0. The number of carbonyl (C=O) groups excluding carboxylic acids is 2. The van der Waals surface area contributed by atoms with Gasteiger partial charge >= 0.3 is 12.1 Å². The Balaban J connectivity index is 4.76. The third kappa shape index (κ3) is 2.46. The summed E-state index contributed by atoms with van der Waals surface area (Å²) in [5.74, 6) is -7.78. The van der Waals surface area contributed by atoms with Crippen LogP contribution in [0.15, 0.2) is 0 Å². The Morgan fingerprint density at radius 2 is 1.54 bits per heavy atom. The molecule has 0 fully saturated rings. The van der Waals surface area contributed by atoms with Gasteiger partial charge in [-0.05, 0) is 0 Å².